The van der Waals surface area contributed by atoms with Gasteiger partial charge in [0.2, 0.25) is 0 Å². The predicted molar refractivity (Wildman–Crippen MR) is 81.6 cm³/mol. The highest BCUT2D eigenvalue weighted by Crippen LogP contribution is 2.36. The molecular formula is C15H18BrN3O. The first-order valence-corrected chi connectivity index (χ1v) is 7.63. The lowest BCUT2D eigenvalue weighted by atomic mass is 10.1. The Morgan fingerprint density at radius 3 is 3.00 bits per heavy atom. The van der Waals surface area contributed by atoms with Gasteiger partial charge in [-0.25, -0.2) is 4.98 Å². The lowest BCUT2D eigenvalue weighted by molar-refractivity contribution is 0.290. The molecule has 1 aliphatic rings. The van der Waals surface area contributed by atoms with Crippen LogP contribution in [0.25, 0.3) is 0 Å². The van der Waals surface area contributed by atoms with E-state index in [4.69, 9.17) is 10.5 Å². The van der Waals surface area contributed by atoms with Gasteiger partial charge in [-0.15, -0.1) is 0 Å². The third-order valence-corrected chi connectivity index (χ3v) is 4.02. The number of ether oxygens (including phenoxy) is 1. The van der Waals surface area contributed by atoms with E-state index < -0.39 is 0 Å². The van der Waals surface area contributed by atoms with E-state index in [1.807, 2.05) is 37.6 Å². The van der Waals surface area contributed by atoms with Gasteiger partial charge in [0, 0.05) is 22.1 Å². The molecule has 0 amide bonds. The Labute approximate surface area is 127 Å². The van der Waals surface area contributed by atoms with E-state index in [9.17, 15) is 0 Å². The van der Waals surface area contributed by atoms with E-state index in [0.717, 1.165) is 21.5 Å². The Hall–Kier alpha value is -1.33. The molecule has 1 atom stereocenters. The molecule has 0 bridgehead atoms. The van der Waals surface area contributed by atoms with Gasteiger partial charge in [-0.05, 0) is 38.0 Å². The maximum absolute atomic E-state index is 6.00. The average molecular weight is 336 g/mol. The molecule has 1 aromatic heterocycles. The van der Waals surface area contributed by atoms with Gasteiger partial charge in [0.15, 0.2) is 0 Å². The molecule has 20 heavy (non-hydrogen) atoms. The van der Waals surface area contributed by atoms with Crippen LogP contribution in [-0.4, -0.2) is 9.55 Å². The smallest absolute Gasteiger partial charge is 0.130 e. The number of hydrogen-bond donors (Lipinski definition) is 1. The third kappa shape index (κ3) is 2.88. The summed E-state index contributed by atoms with van der Waals surface area (Å²) < 4.78 is 9.18. The minimum absolute atomic E-state index is 0.0594. The standard InChI is InChI=1S/C15H18BrN3O/c1-10(17)14-6-11(16)2-5-15(14)20-8-13-7-18-9-19(13)12-3-4-12/h2,5-7,9-10,12H,3-4,8,17H2,1H3/t10-/m0/s1. The molecule has 1 heterocycles. The van der Waals surface area contributed by atoms with Crippen molar-refractivity contribution in [2.75, 3.05) is 0 Å². The van der Waals surface area contributed by atoms with Crippen molar-refractivity contribution in [2.24, 2.45) is 5.73 Å². The molecule has 2 aromatic rings. The van der Waals surface area contributed by atoms with Gasteiger partial charge in [-0.3, -0.25) is 0 Å². The molecule has 0 spiro atoms. The zero-order valence-corrected chi connectivity index (χ0v) is 13.0. The molecule has 106 valence electrons. The quantitative estimate of drug-likeness (QED) is 0.908. The summed E-state index contributed by atoms with van der Waals surface area (Å²) in [7, 11) is 0. The summed E-state index contributed by atoms with van der Waals surface area (Å²) in [5, 5.41) is 0. The second kappa shape index (κ2) is 5.58. The van der Waals surface area contributed by atoms with E-state index in [-0.39, 0.29) is 6.04 Å². The van der Waals surface area contributed by atoms with Crippen molar-refractivity contribution >= 4 is 15.9 Å². The van der Waals surface area contributed by atoms with Gasteiger partial charge in [-0.1, -0.05) is 15.9 Å². The van der Waals surface area contributed by atoms with Gasteiger partial charge in [-0.2, -0.15) is 0 Å². The summed E-state index contributed by atoms with van der Waals surface area (Å²) in [6.07, 6.45) is 6.26. The van der Waals surface area contributed by atoms with E-state index >= 15 is 0 Å². The fourth-order valence-corrected chi connectivity index (χ4v) is 2.66. The zero-order valence-electron chi connectivity index (χ0n) is 11.4. The van der Waals surface area contributed by atoms with Crippen molar-refractivity contribution in [2.45, 2.75) is 38.5 Å². The van der Waals surface area contributed by atoms with E-state index in [1.165, 1.54) is 12.8 Å². The molecule has 0 radical (unpaired) electrons. The van der Waals surface area contributed by atoms with Crippen LogP contribution in [0.2, 0.25) is 0 Å². The summed E-state index contributed by atoms with van der Waals surface area (Å²) in [4.78, 5) is 4.22. The summed E-state index contributed by atoms with van der Waals surface area (Å²) in [6.45, 7) is 2.49. The number of benzene rings is 1. The van der Waals surface area contributed by atoms with Crippen molar-refractivity contribution in [1.82, 2.24) is 9.55 Å². The molecule has 5 heteroatoms. The first-order chi connectivity index (χ1) is 9.65. The summed E-state index contributed by atoms with van der Waals surface area (Å²) in [5.74, 6) is 0.840. The van der Waals surface area contributed by atoms with Crippen LogP contribution in [-0.2, 0) is 6.61 Å². The van der Waals surface area contributed by atoms with E-state index in [0.29, 0.717) is 12.6 Å². The van der Waals surface area contributed by atoms with Crippen molar-refractivity contribution in [1.29, 1.82) is 0 Å². The number of rotatable bonds is 5. The van der Waals surface area contributed by atoms with Crippen molar-refractivity contribution in [3.63, 3.8) is 0 Å². The van der Waals surface area contributed by atoms with Crippen LogP contribution in [0.5, 0.6) is 5.75 Å². The van der Waals surface area contributed by atoms with Gasteiger partial charge in [0.25, 0.3) is 0 Å². The molecular weight excluding hydrogens is 318 g/mol. The van der Waals surface area contributed by atoms with Crippen LogP contribution >= 0.6 is 15.9 Å². The van der Waals surface area contributed by atoms with Crippen LogP contribution in [0.3, 0.4) is 0 Å². The molecule has 1 saturated carbocycles. The van der Waals surface area contributed by atoms with Crippen molar-refractivity contribution < 1.29 is 4.74 Å². The SMILES string of the molecule is C[C@H](N)c1cc(Br)ccc1OCc1cncn1C1CC1. The Kier molecular flexibility index (Phi) is 3.81. The molecule has 2 N–H and O–H groups in total. The third-order valence-electron chi connectivity index (χ3n) is 3.52. The van der Waals surface area contributed by atoms with Crippen molar-refractivity contribution in [3.8, 4) is 5.75 Å². The highest BCUT2D eigenvalue weighted by Gasteiger charge is 2.25. The van der Waals surface area contributed by atoms with Crippen molar-refractivity contribution in [3.05, 3.63) is 46.5 Å². The normalized spacial score (nSPS) is 16.1. The second-order valence-corrected chi connectivity index (χ2v) is 6.20. The topological polar surface area (TPSA) is 53.1 Å². The van der Waals surface area contributed by atoms with Gasteiger partial charge >= 0.3 is 0 Å². The predicted octanol–water partition coefficient (Wildman–Crippen LogP) is 3.58. The highest BCUT2D eigenvalue weighted by atomic mass is 79.9. The number of nitrogens with two attached hydrogens (primary N) is 1. The highest BCUT2D eigenvalue weighted by molar-refractivity contribution is 9.10. The summed E-state index contributed by atoms with van der Waals surface area (Å²) in [6, 6.07) is 6.50. The molecule has 1 fully saturated rings. The monoisotopic (exact) mass is 335 g/mol. The maximum atomic E-state index is 6.00. The van der Waals surface area contributed by atoms with Gasteiger partial charge in [0.05, 0.1) is 18.2 Å². The molecule has 1 aromatic carbocycles. The Balaban J connectivity index is 1.76. The maximum Gasteiger partial charge on any atom is 0.130 e. The number of hydrogen-bond acceptors (Lipinski definition) is 3. The summed E-state index contributed by atoms with van der Waals surface area (Å²) in [5.41, 5.74) is 8.13. The molecule has 3 rings (SSSR count). The van der Waals surface area contributed by atoms with Crippen LogP contribution in [0.1, 0.15) is 43.1 Å². The average Bonchev–Trinajstić information content (AvgIpc) is 3.16. The Morgan fingerprint density at radius 1 is 1.50 bits per heavy atom. The first-order valence-electron chi connectivity index (χ1n) is 6.83. The molecule has 4 nitrogen and oxygen atoms in total. The van der Waals surface area contributed by atoms with Crippen LogP contribution in [0.4, 0.5) is 0 Å². The fraction of sp³-hybridized carbons (Fsp3) is 0.400. The fourth-order valence-electron chi connectivity index (χ4n) is 2.28. The molecule has 0 aliphatic heterocycles. The summed E-state index contributed by atoms with van der Waals surface area (Å²) >= 11 is 3.47. The number of halogens is 1. The van der Waals surface area contributed by atoms with Gasteiger partial charge in [0.1, 0.15) is 12.4 Å². The second-order valence-electron chi connectivity index (χ2n) is 5.28. The Bertz CT molecular complexity index is 605. The van der Waals surface area contributed by atoms with E-state index in [2.05, 4.69) is 25.5 Å². The minimum Gasteiger partial charge on any atom is -0.487 e. The lowest BCUT2D eigenvalue weighted by Gasteiger charge is -2.15. The number of imidazole rings is 1. The van der Waals surface area contributed by atoms with Crippen LogP contribution < -0.4 is 10.5 Å². The van der Waals surface area contributed by atoms with Crippen LogP contribution in [0, 0.1) is 0 Å². The lowest BCUT2D eigenvalue weighted by Crippen LogP contribution is -2.09. The zero-order chi connectivity index (χ0) is 14.1. The first kappa shape index (κ1) is 13.6. The minimum atomic E-state index is -0.0594. The largest absolute Gasteiger partial charge is 0.487 e. The van der Waals surface area contributed by atoms with E-state index in [1.54, 1.807) is 0 Å². The molecule has 1 aliphatic carbocycles. The number of aromatic nitrogens is 2. The van der Waals surface area contributed by atoms with Gasteiger partial charge < -0.3 is 15.0 Å². The van der Waals surface area contributed by atoms with Crippen LogP contribution in [0.15, 0.2) is 35.2 Å². The number of nitrogens with zero attached hydrogens (tertiary/aromatic N) is 2. The molecule has 0 saturated heterocycles. The Morgan fingerprint density at radius 2 is 2.30 bits per heavy atom. The molecule has 0 unspecified atom stereocenters.